The Kier molecular flexibility index (Phi) is 3.89. The van der Waals surface area contributed by atoms with Gasteiger partial charge in [-0.3, -0.25) is 0 Å². The fourth-order valence-electron chi connectivity index (χ4n) is 1.92. The van der Waals surface area contributed by atoms with Gasteiger partial charge < -0.3 is 0 Å². The van der Waals surface area contributed by atoms with Gasteiger partial charge >= 0.3 is 0 Å². The molecule has 1 fully saturated rings. The van der Waals surface area contributed by atoms with Gasteiger partial charge in [-0.15, -0.1) is 11.6 Å². The summed E-state index contributed by atoms with van der Waals surface area (Å²) >= 11 is 5.90. The average molecular weight is 296 g/mol. The van der Waals surface area contributed by atoms with E-state index in [1.807, 2.05) is 0 Å². The van der Waals surface area contributed by atoms with Crippen LogP contribution in [0.5, 0.6) is 0 Å². The van der Waals surface area contributed by atoms with Gasteiger partial charge in [0, 0.05) is 18.5 Å². The van der Waals surface area contributed by atoms with Crippen molar-refractivity contribution in [2.45, 2.75) is 23.1 Å². The number of hydrogen-bond donors (Lipinski definition) is 0. The van der Waals surface area contributed by atoms with Crippen LogP contribution in [0.3, 0.4) is 0 Å². The molecule has 1 aromatic rings. The summed E-state index contributed by atoms with van der Waals surface area (Å²) in [6, 6.07) is 2.39. The van der Waals surface area contributed by atoms with E-state index in [0.717, 1.165) is 22.9 Å². The Balaban J connectivity index is 2.38. The summed E-state index contributed by atoms with van der Waals surface area (Å²) in [5.41, 5.74) is 0. The van der Waals surface area contributed by atoms with Crippen LogP contribution in [0, 0.1) is 11.6 Å². The first-order valence-electron chi connectivity index (χ1n) is 5.50. The fraction of sp³-hybridized carbons (Fsp3) is 0.455. The molecule has 1 aromatic carbocycles. The van der Waals surface area contributed by atoms with Crippen molar-refractivity contribution in [1.29, 1.82) is 0 Å². The van der Waals surface area contributed by atoms with Crippen LogP contribution in [0.1, 0.15) is 12.8 Å². The van der Waals surface area contributed by atoms with Gasteiger partial charge in [0.15, 0.2) is 0 Å². The van der Waals surface area contributed by atoms with Crippen molar-refractivity contribution >= 4 is 21.6 Å². The zero-order valence-electron chi connectivity index (χ0n) is 9.44. The molecule has 0 amide bonds. The van der Waals surface area contributed by atoms with E-state index in [9.17, 15) is 17.2 Å². The highest BCUT2D eigenvalue weighted by Crippen LogP contribution is 2.25. The van der Waals surface area contributed by atoms with Crippen LogP contribution in [0.2, 0.25) is 0 Å². The Labute approximate surface area is 109 Å². The number of rotatable bonds is 2. The second-order valence-corrected chi connectivity index (χ2v) is 6.70. The van der Waals surface area contributed by atoms with Crippen LogP contribution in [-0.2, 0) is 10.0 Å². The van der Waals surface area contributed by atoms with Gasteiger partial charge in [0.05, 0.1) is 0 Å². The summed E-state index contributed by atoms with van der Waals surface area (Å²) in [6.45, 7) is 0.404. The third-order valence-electron chi connectivity index (χ3n) is 2.84. The van der Waals surface area contributed by atoms with E-state index in [-0.39, 0.29) is 18.5 Å². The van der Waals surface area contributed by atoms with Crippen molar-refractivity contribution < 1.29 is 17.2 Å². The molecule has 0 N–H and O–H groups in total. The van der Waals surface area contributed by atoms with Gasteiger partial charge in [-0.05, 0) is 31.0 Å². The molecule has 1 saturated heterocycles. The maximum absolute atomic E-state index is 13.5. The Morgan fingerprint density at radius 1 is 1.33 bits per heavy atom. The highest BCUT2D eigenvalue weighted by Gasteiger charge is 2.31. The molecule has 18 heavy (non-hydrogen) atoms. The first-order chi connectivity index (χ1) is 8.41. The largest absolute Gasteiger partial charge is 0.246 e. The van der Waals surface area contributed by atoms with Crippen molar-refractivity contribution in [3.05, 3.63) is 29.8 Å². The van der Waals surface area contributed by atoms with Crippen molar-refractivity contribution in [3.8, 4) is 0 Å². The van der Waals surface area contributed by atoms with Gasteiger partial charge in [-0.25, -0.2) is 17.2 Å². The summed E-state index contributed by atoms with van der Waals surface area (Å²) in [7, 11) is -4.01. The number of alkyl halides is 1. The zero-order chi connectivity index (χ0) is 13.3. The molecule has 0 saturated carbocycles. The molecular weight excluding hydrogens is 284 g/mol. The highest BCUT2D eigenvalue weighted by atomic mass is 35.5. The Morgan fingerprint density at radius 3 is 2.72 bits per heavy atom. The smallest absolute Gasteiger partial charge is 0.207 e. The molecule has 1 aliphatic heterocycles. The predicted octanol–water partition coefficient (Wildman–Crippen LogP) is 2.36. The summed E-state index contributed by atoms with van der Waals surface area (Å²) in [6.07, 6.45) is 1.34. The van der Waals surface area contributed by atoms with Crippen LogP contribution in [0.15, 0.2) is 23.1 Å². The lowest BCUT2D eigenvalue weighted by Gasteiger charge is -2.28. The van der Waals surface area contributed by atoms with E-state index in [1.54, 1.807) is 0 Å². The van der Waals surface area contributed by atoms with Crippen molar-refractivity contribution in [1.82, 2.24) is 4.31 Å². The molecule has 0 bridgehead atoms. The van der Waals surface area contributed by atoms with Crippen LogP contribution < -0.4 is 0 Å². The normalized spacial score (nSPS) is 22.1. The van der Waals surface area contributed by atoms with Gasteiger partial charge in [-0.1, -0.05) is 0 Å². The molecule has 1 unspecified atom stereocenters. The van der Waals surface area contributed by atoms with E-state index < -0.39 is 26.6 Å². The molecule has 1 heterocycles. The lowest BCUT2D eigenvalue weighted by Crippen LogP contribution is -2.40. The summed E-state index contributed by atoms with van der Waals surface area (Å²) in [4.78, 5) is -0.631. The molecule has 7 heteroatoms. The standard InChI is InChI=1S/C11H12ClF2NO2S/c12-8-2-1-5-15(7-8)18(16,17)11-6-9(13)3-4-10(11)14/h3-4,6,8H,1-2,5,7H2. The predicted molar refractivity (Wildman–Crippen MR) is 64.0 cm³/mol. The quantitative estimate of drug-likeness (QED) is 0.786. The van der Waals surface area contributed by atoms with Gasteiger partial charge in [0.2, 0.25) is 10.0 Å². The topological polar surface area (TPSA) is 37.4 Å². The monoisotopic (exact) mass is 295 g/mol. The lowest BCUT2D eigenvalue weighted by atomic mass is 10.2. The van der Waals surface area contributed by atoms with Crippen LogP contribution >= 0.6 is 11.6 Å². The molecule has 3 nitrogen and oxygen atoms in total. The van der Waals surface area contributed by atoms with Gasteiger partial charge in [-0.2, -0.15) is 4.31 Å². The zero-order valence-corrected chi connectivity index (χ0v) is 11.0. The van der Waals surface area contributed by atoms with E-state index in [2.05, 4.69) is 0 Å². The van der Waals surface area contributed by atoms with E-state index in [4.69, 9.17) is 11.6 Å². The second-order valence-electron chi connectivity index (χ2n) is 4.18. The fourth-order valence-corrected chi connectivity index (χ4v) is 3.93. The minimum absolute atomic E-state index is 0.125. The van der Waals surface area contributed by atoms with Gasteiger partial charge in [0.25, 0.3) is 0 Å². The van der Waals surface area contributed by atoms with E-state index in [0.29, 0.717) is 12.5 Å². The lowest BCUT2D eigenvalue weighted by molar-refractivity contribution is 0.348. The number of benzene rings is 1. The molecule has 0 aromatic heterocycles. The summed E-state index contributed by atoms with van der Waals surface area (Å²) in [5.74, 6) is -1.73. The second kappa shape index (κ2) is 5.11. The number of sulfonamides is 1. The van der Waals surface area contributed by atoms with Crippen molar-refractivity contribution in [2.24, 2.45) is 0 Å². The van der Waals surface area contributed by atoms with Crippen LogP contribution in [0.4, 0.5) is 8.78 Å². The maximum atomic E-state index is 13.5. The van der Waals surface area contributed by atoms with Crippen LogP contribution in [-0.4, -0.2) is 31.2 Å². The van der Waals surface area contributed by atoms with Crippen molar-refractivity contribution in [3.63, 3.8) is 0 Å². The molecular formula is C11H12ClF2NO2S. The average Bonchev–Trinajstić information content (AvgIpc) is 2.32. The van der Waals surface area contributed by atoms with E-state index in [1.165, 1.54) is 0 Å². The minimum Gasteiger partial charge on any atom is -0.207 e. The maximum Gasteiger partial charge on any atom is 0.246 e. The first kappa shape index (κ1) is 13.7. The number of hydrogen-bond acceptors (Lipinski definition) is 2. The third-order valence-corrected chi connectivity index (χ3v) is 5.07. The molecule has 1 atom stereocenters. The minimum atomic E-state index is -4.01. The SMILES string of the molecule is O=S(=O)(c1cc(F)ccc1F)N1CCCC(Cl)C1. The van der Waals surface area contributed by atoms with E-state index >= 15 is 0 Å². The molecule has 2 rings (SSSR count). The summed E-state index contributed by atoms with van der Waals surface area (Å²) in [5, 5.41) is -0.287. The number of halogens is 3. The molecule has 1 aliphatic rings. The Bertz CT molecular complexity index is 550. The third kappa shape index (κ3) is 2.65. The Morgan fingerprint density at radius 2 is 2.06 bits per heavy atom. The van der Waals surface area contributed by atoms with Crippen LogP contribution in [0.25, 0.3) is 0 Å². The summed E-state index contributed by atoms with van der Waals surface area (Å²) < 4.78 is 52.0. The highest BCUT2D eigenvalue weighted by molar-refractivity contribution is 7.89. The molecule has 0 aliphatic carbocycles. The molecule has 0 radical (unpaired) electrons. The first-order valence-corrected chi connectivity index (χ1v) is 7.38. The number of piperidine rings is 1. The Hall–Kier alpha value is -0.720. The molecule has 0 spiro atoms. The molecule has 100 valence electrons. The number of nitrogens with zero attached hydrogens (tertiary/aromatic N) is 1. The van der Waals surface area contributed by atoms with Crippen molar-refractivity contribution in [2.75, 3.05) is 13.1 Å². The van der Waals surface area contributed by atoms with Gasteiger partial charge in [0.1, 0.15) is 16.5 Å².